The van der Waals surface area contributed by atoms with Gasteiger partial charge in [-0.15, -0.1) is 35.3 Å². The lowest BCUT2D eigenvalue weighted by Crippen LogP contribution is -2.42. The monoisotopic (exact) mass is 472 g/mol. The molecule has 4 nitrogen and oxygen atoms in total. The lowest BCUT2D eigenvalue weighted by Gasteiger charge is -2.26. The first-order valence-corrected chi connectivity index (χ1v) is 9.19. The van der Waals surface area contributed by atoms with E-state index >= 15 is 0 Å². The second kappa shape index (κ2) is 11.5. The Morgan fingerprint density at radius 2 is 1.76 bits per heavy atom. The van der Waals surface area contributed by atoms with E-state index in [2.05, 4.69) is 89.4 Å². The molecule has 2 rings (SSSR count). The van der Waals surface area contributed by atoms with Crippen molar-refractivity contribution in [2.24, 2.45) is 4.99 Å². The van der Waals surface area contributed by atoms with Crippen molar-refractivity contribution in [2.45, 2.75) is 18.9 Å². The molecule has 0 amide bonds. The predicted molar refractivity (Wildman–Crippen MR) is 120 cm³/mol. The number of halogens is 1. The quantitative estimate of drug-likeness (QED) is 0.365. The number of hydrogen-bond acceptors (Lipinski definition) is 3. The first kappa shape index (κ1) is 21.9. The molecule has 0 saturated heterocycles. The smallest absolute Gasteiger partial charge is 0.191 e. The zero-order chi connectivity index (χ0) is 17.4. The fourth-order valence-electron chi connectivity index (χ4n) is 2.61. The molecule has 2 aromatic rings. The van der Waals surface area contributed by atoms with Crippen LogP contribution in [0.1, 0.15) is 29.3 Å². The largest absolute Gasteiger partial charge is 0.356 e. The Balaban J connectivity index is 0.00000312. The van der Waals surface area contributed by atoms with Gasteiger partial charge in [0.1, 0.15) is 0 Å². The minimum absolute atomic E-state index is 0. The Labute approximate surface area is 172 Å². The Bertz CT molecular complexity index is 614. The summed E-state index contributed by atoms with van der Waals surface area (Å²) in [5.74, 6) is 1.32. The number of nitrogens with zero attached hydrogens (tertiary/aromatic N) is 2. The Hall–Kier alpha value is -1.12. The summed E-state index contributed by atoms with van der Waals surface area (Å²) in [6, 6.07) is 15.2. The number of guanidine groups is 1. The molecule has 0 aliphatic heterocycles. The van der Waals surface area contributed by atoms with Gasteiger partial charge in [-0.05, 0) is 31.1 Å². The number of likely N-dealkylation sites (N-methyl/N-ethyl adjacent to an activating group) is 1. The Kier molecular flexibility index (Phi) is 10.1. The summed E-state index contributed by atoms with van der Waals surface area (Å²) in [5.41, 5.74) is 1.30. The standard InChI is InChI=1S/C19H28N4S.HI/c1-15(18-11-8-12-24-18)13-21-19(20-2)22-14-17(23(3)4)16-9-6-5-7-10-16;/h5-12,15,17H,13-14H2,1-4H3,(H2,20,21,22);1H. The van der Waals surface area contributed by atoms with Gasteiger partial charge in [0.05, 0.1) is 6.04 Å². The van der Waals surface area contributed by atoms with E-state index in [4.69, 9.17) is 0 Å². The van der Waals surface area contributed by atoms with E-state index in [-0.39, 0.29) is 24.0 Å². The molecule has 2 atom stereocenters. The van der Waals surface area contributed by atoms with E-state index in [1.54, 1.807) is 11.3 Å². The molecule has 0 fully saturated rings. The number of aliphatic imine (C=N–C) groups is 1. The van der Waals surface area contributed by atoms with Crippen LogP contribution in [-0.2, 0) is 0 Å². The molecule has 2 N–H and O–H groups in total. The third-order valence-corrected chi connectivity index (χ3v) is 5.20. The molecule has 0 aliphatic rings. The molecular weight excluding hydrogens is 443 g/mol. The van der Waals surface area contributed by atoms with Gasteiger partial charge in [-0.25, -0.2) is 0 Å². The van der Waals surface area contributed by atoms with Crippen molar-refractivity contribution >= 4 is 41.3 Å². The fraction of sp³-hybridized carbons (Fsp3) is 0.421. The molecule has 1 aromatic heterocycles. The normalized spacial score (nSPS) is 13.9. The second-order valence-electron chi connectivity index (χ2n) is 6.14. The summed E-state index contributed by atoms with van der Waals surface area (Å²) in [6.07, 6.45) is 0. The highest BCUT2D eigenvalue weighted by atomic mass is 127. The van der Waals surface area contributed by atoms with Crippen molar-refractivity contribution < 1.29 is 0 Å². The first-order valence-electron chi connectivity index (χ1n) is 8.31. The van der Waals surface area contributed by atoms with E-state index in [1.807, 2.05) is 7.05 Å². The van der Waals surface area contributed by atoms with E-state index in [1.165, 1.54) is 10.4 Å². The van der Waals surface area contributed by atoms with Crippen LogP contribution in [-0.4, -0.2) is 45.1 Å². The molecule has 1 aromatic carbocycles. The molecule has 2 unspecified atom stereocenters. The second-order valence-corrected chi connectivity index (χ2v) is 7.12. The molecular formula is C19H29IN4S. The molecule has 138 valence electrons. The Morgan fingerprint density at radius 3 is 2.32 bits per heavy atom. The number of rotatable bonds is 7. The van der Waals surface area contributed by atoms with Crippen molar-refractivity contribution in [1.29, 1.82) is 0 Å². The minimum atomic E-state index is 0. The first-order chi connectivity index (χ1) is 11.6. The summed E-state index contributed by atoms with van der Waals surface area (Å²) in [4.78, 5) is 7.97. The third kappa shape index (κ3) is 6.95. The van der Waals surface area contributed by atoms with Crippen LogP contribution in [0.5, 0.6) is 0 Å². The summed E-state index contributed by atoms with van der Waals surface area (Å²) in [6.45, 7) is 3.92. The van der Waals surface area contributed by atoms with Gasteiger partial charge in [0.15, 0.2) is 5.96 Å². The van der Waals surface area contributed by atoms with Crippen LogP contribution in [0, 0.1) is 0 Å². The number of nitrogens with one attached hydrogen (secondary N) is 2. The zero-order valence-electron chi connectivity index (χ0n) is 15.4. The van der Waals surface area contributed by atoms with Gasteiger partial charge < -0.3 is 15.5 Å². The van der Waals surface area contributed by atoms with Crippen LogP contribution >= 0.6 is 35.3 Å². The van der Waals surface area contributed by atoms with Crippen molar-refractivity contribution in [3.05, 3.63) is 58.3 Å². The molecule has 1 heterocycles. The molecule has 0 saturated carbocycles. The van der Waals surface area contributed by atoms with Crippen LogP contribution < -0.4 is 10.6 Å². The van der Waals surface area contributed by atoms with Crippen LogP contribution in [0.15, 0.2) is 52.8 Å². The van der Waals surface area contributed by atoms with Crippen LogP contribution in [0.2, 0.25) is 0 Å². The SMILES string of the molecule is CN=C(NCC(C)c1cccs1)NCC(c1ccccc1)N(C)C.I. The van der Waals surface area contributed by atoms with E-state index in [9.17, 15) is 0 Å². The van der Waals surface area contributed by atoms with E-state index in [0.717, 1.165) is 19.0 Å². The summed E-state index contributed by atoms with van der Waals surface area (Å²) in [5, 5.41) is 9.01. The van der Waals surface area contributed by atoms with E-state index in [0.29, 0.717) is 12.0 Å². The van der Waals surface area contributed by atoms with Gasteiger partial charge in [0, 0.05) is 30.9 Å². The minimum Gasteiger partial charge on any atom is -0.356 e. The summed E-state index contributed by atoms with van der Waals surface area (Å²) in [7, 11) is 6.03. The lowest BCUT2D eigenvalue weighted by molar-refractivity contribution is 0.298. The van der Waals surface area contributed by atoms with Crippen LogP contribution in [0.4, 0.5) is 0 Å². The molecule has 0 aliphatic carbocycles. The number of thiophene rings is 1. The topological polar surface area (TPSA) is 39.7 Å². The highest BCUT2D eigenvalue weighted by molar-refractivity contribution is 14.0. The van der Waals surface area contributed by atoms with Crippen LogP contribution in [0.3, 0.4) is 0 Å². The zero-order valence-corrected chi connectivity index (χ0v) is 18.5. The van der Waals surface area contributed by atoms with E-state index < -0.39 is 0 Å². The summed E-state index contributed by atoms with van der Waals surface area (Å²) < 4.78 is 0. The fourth-order valence-corrected chi connectivity index (χ4v) is 3.40. The van der Waals surface area contributed by atoms with Gasteiger partial charge in [-0.2, -0.15) is 0 Å². The number of hydrogen-bond donors (Lipinski definition) is 2. The molecule has 25 heavy (non-hydrogen) atoms. The molecule has 0 spiro atoms. The Morgan fingerprint density at radius 1 is 1.08 bits per heavy atom. The van der Waals surface area contributed by atoms with Crippen molar-refractivity contribution in [1.82, 2.24) is 15.5 Å². The van der Waals surface area contributed by atoms with Gasteiger partial charge in [0.25, 0.3) is 0 Å². The molecule has 6 heteroatoms. The maximum Gasteiger partial charge on any atom is 0.191 e. The average molecular weight is 472 g/mol. The van der Waals surface area contributed by atoms with Crippen molar-refractivity contribution in [3.63, 3.8) is 0 Å². The third-order valence-electron chi connectivity index (χ3n) is 4.10. The highest BCUT2D eigenvalue weighted by Gasteiger charge is 2.14. The molecule has 0 bridgehead atoms. The van der Waals surface area contributed by atoms with Gasteiger partial charge in [0.2, 0.25) is 0 Å². The van der Waals surface area contributed by atoms with Gasteiger partial charge in [-0.1, -0.05) is 43.3 Å². The van der Waals surface area contributed by atoms with Gasteiger partial charge >= 0.3 is 0 Å². The highest BCUT2D eigenvalue weighted by Crippen LogP contribution is 2.19. The summed E-state index contributed by atoms with van der Waals surface area (Å²) >= 11 is 1.80. The van der Waals surface area contributed by atoms with Crippen LogP contribution in [0.25, 0.3) is 0 Å². The lowest BCUT2D eigenvalue weighted by atomic mass is 10.1. The predicted octanol–water partition coefficient (Wildman–Crippen LogP) is 3.94. The maximum atomic E-state index is 4.35. The van der Waals surface area contributed by atoms with Crippen molar-refractivity contribution in [3.8, 4) is 0 Å². The molecule has 0 radical (unpaired) electrons. The maximum absolute atomic E-state index is 4.35. The van der Waals surface area contributed by atoms with Gasteiger partial charge in [-0.3, -0.25) is 4.99 Å². The number of benzene rings is 1. The average Bonchev–Trinajstić information content (AvgIpc) is 3.13. The van der Waals surface area contributed by atoms with Crippen molar-refractivity contribution in [2.75, 3.05) is 34.2 Å².